The molecule has 0 aromatic rings. The van der Waals surface area contributed by atoms with Gasteiger partial charge in [-0.05, 0) is 49.4 Å². The third-order valence-corrected chi connectivity index (χ3v) is 18.8. The van der Waals surface area contributed by atoms with Crippen molar-refractivity contribution in [2.45, 2.75) is 375 Å². The first-order valence-corrected chi connectivity index (χ1v) is 40.2. The molecular weight excluding hydrogens is 1200 g/mol. The van der Waals surface area contributed by atoms with Crippen molar-refractivity contribution >= 4 is 39.5 Å². The van der Waals surface area contributed by atoms with E-state index in [1.165, 1.54) is 161 Å². The highest BCUT2D eigenvalue weighted by atomic mass is 31.2. The highest BCUT2D eigenvalue weighted by molar-refractivity contribution is 7.47. The number of aliphatic hydroxyl groups excluding tert-OH is 1. The molecule has 0 saturated carbocycles. The molecule has 0 fully saturated rings. The van der Waals surface area contributed by atoms with E-state index in [0.29, 0.717) is 31.6 Å². The van der Waals surface area contributed by atoms with Crippen molar-refractivity contribution in [2.75, 3.05) is 39.6 Å². The predicted molar refractivity (Wildman–Crippen MR) is 367 cm³/mol. The summed E-state index contributed by atoms with van der Waals surface area (Å²) < 4.78 is 68.3. The monoisotopic (exact) mass is 1340 g/mol. The Morgan fingerprint density at radius 3 is 0.780 bits per heavy atom. The second kappa shape index (κ2) is 61.6. The van der Waals surface area contributed by atoms with Crippen molar-refractivity contribution in [2.24, 2.45) is 23.7 Å². The summed E-state index contributed by atoms with van der Waals surface area (Å²) in [6, 6.07) is 0. The fourth-order valence-electron chi connectivity index (χ4n) is 10.8. The molecule has 0 heterocycles. The van der Waals surface area contributed by atoms with Gasteiger partial charge in [0.1, 0.15) is 19.3 Å². The lowest BCUT2D eigenvalue weighted by molar-refractivity contribution is -0.161. The lowest BCUT2D eigenvalue weighted by Crippen LogP contribution is -2.30. The van der Waals surface area contributed by atoms with E-state index < -0.39 is 97.5 Å². The van der Waals surface area contributed by atoms with Gasteiger partial charge in [0.25, 0.3) is 0 Å². The smallest absolute Gasteiger partial charge is 0.462 e. The van der Waals surface area contributed by atoms with Gasteiger partial charge >= 0.3 is 39.5 Å². The summed E-state index contributed by atoms with van der Waals surface area (Å²) in [6.45, 7) is 14.1. The van der Waals surface area contributed by atoms with Crippen LogP contribution in [0, 0.1) is 23.7 Å². The Morgan fingerprint density at radius 1 is 0.308 bits per heavy atom. The number of rotatable bonds is 69. The summed E-state index contributed by atoms with van der Waals surface area (Å²) in [5.41, 5.74) is 0. The number of hydrogen-bond acceptors (Lipinski definition) is 15. The molecule has 0 spiro atoms. The Morgan fingerprint density at radius 2 is 0.527 bits per heavy atom. The molecule has 0 saturated heterocycles. The number of esters is 4. The fourth-order valence-corrected chi connectivity index (χ4v) is 12.4. The van der Waals surface area contributed by atoms with E-state index in [2.05, 4.69) is 55.4 Å². The number of aliphatic hydroxyl groups is 1. The number of hydrogen-bond donors (Lipinski definition) is 3. The van der Waals surface area contributed by atoms with E-state index in [0.717, 1.165) is 108 Å². The number of ether oxygens (including phenoxy) is 4. The first-order chi connectivity index (χ1) is 43.6. The van der Waals surface area contributed by atoms with Gasteiger partial charge in [-0.15, -0.1) is 0 Å². The number of phosphoric acid groups is 2. The Kier molecular flexibility index (Phi) is 60.3. The van der Waals surface area contributed by atoms with Crippen molar-refractivity contribution in [3.8, 4) is 0 Å². The molecule has 19 heteroatoms. The third kappa shape index (κ3) is 65.1. The average molecular weight is 1340 g/mol. The number of carbonyl (C=O) groups excluding carboxylic acids is 4. The van der Waals surface area contributed by atoms with E-state index in [9.17, 15) is 43.2 Å². The van der Waals surface area contributed by atoms with Crippen LogP contribution in [0.1, 0.15) is 357 Å². The van der Waals surface area contributed by atoms with Gasteiger partial charge in [-0.2, -0.15) is 0 Å². The summed E-state index contributed by atoms with van der Waals surface area (Å²) in [7, 11) is -9.90. The quantitative estimate of drug-likeness (QED) is 0.0222. The zero-order chi connectivity index (χ0) is 67.5. The van der Waals surface area contributed by atoms with Crippen LogP contribution in [0.3, 0.4) is 0 Å². The van der Waals surface area contributed by atoms with Gasteiger partial charge in [-0.25, -0.2) is 9.13 Å². The fraction of sp³-hybridized carbons (Fsp3) is 0.944. The minimum atomic E-state index is -4.95. The SMILES string of the molecule is CCC(C)CCCCCCCCCCC(=O)O[C@H](COC(=O)CCCCCCCCCCC(C)C)COP(=O)(O)OCC(O)COP(=O)(O)OC[C@@H](COC(=O)CCCCCCCCCCCCCCCCCC(C)C)OC(=O)CCCCCCCCCC(C)C. The van der Waals surface area contributed by atoms with Gasteiger partial charge in [-0.1, -0.05) is 306 Å². The topological polar surface area (TPSA) is 237 Å². The van der Waals surface area contributed by atoms with E-state index in [1.807, 2.05) is 0 Å². The molecule has 91 heavy (non-hydrogen) atoms. The van der Waals surface area contributed by atoms with Crippen molar-refractivity contribution in [3.05, 3.63) is 0 Å². The van der Waals surface area contributed by atoms with Crippen LogP contribution in [-0.2, 0) is 65.4 Å². The van der Waals surface area contributed by atoms with Crippen molar-refractivity contribution in [1.82, 2.24) is 0 Å². The molecule has 0 bridgehead atoms. The summed E-state index contributed by atoms with van der Waals surface area (Å²) in [4.78, 5) is 72.6. The lowest BCUT2D eigenvalue weighted by atomic mass is 9.99. The van der Waals surface area contributed by atoms with Crippen LogP contribution in [0.5, 0.6) is 0 Å². The molecule has 0 radical (unpaired) electrons. The number of unbranched alkanes of at least 4 members (excludes halogenated alkanes) is 34. The molecule has 540 valence electrons. The number of phosphoric ester groups is 2. The van der Waals surface area contributed by atoms with E-state index >= 15 is 0 Å². The Hall–Kier alpha value is -1.94. The molecule has 0 aliphatic carbocycles. The van der Waals surface area contributed by atoms with Crippen LogP contribution in [0.15, 0.2) is 0 Å². The summed E-state index contributed by atoms with van der Waals surface area (Å²) in [5.74, 6) is 0.867. The molecule has 0 aromatic heterocycles. The first kappa shape index (κ1) is 89.1. The van der Waals surface area contributed by atoms with Crippen molar-refractivity contribution in [3.63, 3.8) is 0 Å². The van der Waals surface area contributed by atoms with Gasteiger partial charge in [0.05, 0.1) is 26.4 Å². The zero-order valence-electron chi connectivity index (χ0n) is 59.5. The van der Waals surface area contributed by atoms with E-state index in [-0.39, 0.29) is 25.7 Å². The largest absolute Gasteiger partial charge is 0.472 e. The maximum Gasteiger partial charge on any atom is 0.472 e. The molecule has 6 atom stereocenters. The standard InChI is InChI=1S/C72H140O17P2/c1-9-65(8)51-43-35-27-20-22-30-38-46-54-71(76)88-67(58-83-70(75)53-45-37-29-21-19-25-33-41-49-63(4)5)60-86-90(78,79)84-56-66(73)57-85-91(80,81)87-61-68(89-72(77)55-47-39-31-23-26-34-42-50-64(6)7)59-82-69(74)52-44-36-28-18-16-14-12-10-11-13-15-17-24-32-40-48-62(2)3/h62-68,73H,9-61H2,1-8H3,(H,78,79)(H,80,81)/t65?,66?,67-,68-/m1/s1. The van der Waals surface area contributed by atoms with Crippen molar-refractivity contribution in [1.29, 1.82) is 0 Å². The van der Waals surface area contributed by atoms with Gasteiger partial charge < -0.3 is 33.8 Å². The van der Waals surface area contributed by atoms with Crippen LogP contribution in [0.2, 0.25) is 0 Å². The van der Waals surface area contributed by atoms with Gasteiger partial charge in [0.2, 0.25) is 0 Å². The molecule has 0 aliphatic rings. The molecule has 0 aliphatic heterocycles. The molecular formula is C72H140O17P2. The maximum atomic E-state index is 13.0. The Labute approximate surface area is 556 Å². The van der Waals surface area contributed by atoms with Crippen LogP contribution in [0.25, 0.3) is 0 Å². The zero-order valence-corrected chi connectivity index (χ0v) is 61.3. The van der Waals surface area contributed by atoms with Crippen LogP contribution < -0.4 is 0 Å². The van der Waals surface area contributed by atoms with Crippen molar-refractivity contribution < 1.29 is 80.2 Å². The van der Waals surface area contributed by atoms with E-state index in [1.54, 1.807) is 0 Å². The molecule has 0 amide bonds. The summed E-state index contributed by atoms with van der Waals surface area (Å²) >= 11 is 0. The Balaban J connectivity index is 5.20. The summed E-state index contributed by atoms with van der Waals surface area (Å²) in [6.07, 6.45) is 44.6. The molecule has 17 nitrogen and oxygen atoms in total. The normalized spacial score (nSPS) is 14.5. The molecule has 4 unspecified atom stereocenters. The average Bonchev–Trinajstić information content (AvgIpc) is 3.68. The maximum absolute atomic E-state index is 13.0. The highest BCUT2D eigenvalue weighted by Crippen LogP contribution is 2.45. The lowest BCUT2D eigenvalue weighted by Gasteiger charge is -2.21. The van der Waals surface area contributed by atoms with Crippen LogP contribution >= 0.6 is 15.6 Å². The minimum Gasteiger partial charge on any atom is -0.462 e. The van der Waals surface area contributed by atoms with Crippen LogP contribution in [-0.4, -0.2) is 96.7 Å². The van der Waals surface area contributed by atoms with Gasteiger partial charge in [0.15, 0.2) is 12.2 Å². The predicted octanol–water partition coefficient (Wildman–Crippen LogP) is 20.5. The molecule has 0 aromatic carbocycles. The first-order valence-electron chi connectivity index (χ1n) is 37.2. The van der Waals surface area contributed by atoms with Gasteiger partial charge in [-0.3, -0.25) is 37.3 Å². The highest BCUT2D eigenvalue weighted by Gasteiger charge is 2.30. The second-order valence-corrected chi connectivity index (χ2v) is 30.6. The third-order valence-electron chi connectivity index (χ3n) is 16.9. The Bertz CT molecular complexity index is 1800. The molecule has 3 N–H and O–H groups in total. The molecule has 0 rings (SSSR count). The van der Waals surface area contributed by atoms with Crippen LogP contribution in [0.4, 0.5) is 0 Å². The van der Waals surface area contributed by atoms with Gasteiger partial charge in [0, 0.05) is 25.7 Å². The summed E-state index contributed by atoms with van der Waals surface area (Å²) in [5, 5.41) is 10.6. The number of carbonyl (C=O) groups is 4. The second-order valence-electron chi connectivity index (χ2n) is 27.6. The minimum absolute atomic E-state index is 0.103. The van der Waals surface area contributed by atoms with E-state index in [4.69, 9.17) is 37.0 Å².